The van der Waals surface area contributed by atoms with Crippen LogP contribution in [0.3, 0.4) is 0 Å². The first-order valence-corrected chi connectivity index (χ1v) is 7.59. The average Bonchev–Trinajstić information content (AvgIpc) is 2.99. The first-order chi connectivity index (χ1) is 9.36. The highest BCUT2D eigenvalue weighted by molar-refractivity contribution is 5.85. The number of hydrogen-bond acceptors (Lipinski definition) is 2. The molecule has 2 nitrogen and oxygen atoms in total. The first-order valence-electron chi connectivity index (χ1n) is 7.59. The Hall–Kier alpha value is -0.540. The maximum Gasteiger partial charge on any atom is 0.0207 e. The van der Waals surface area contributed by atoms with E-state index in [9.17, 15) is 0 Å². The highest BCUT2D eigenvalue weighted by Crippen LogP contribution is 2.40. The van der Waals surface area contributed by atoms with Gasteiger partial charge in [-0.05, 0) is 37.3 Å². The van der Waals surface area contributed by atoms with Crippen molar-refractivity contribution in [3.63, 3.8) is 0 Å². The van der Waals surface area contributed by atoms with Gasteiger partial charge in [-0.15, -0.1) is 24.8 Å². The summed E-state index contributed by atoms with van der Waals surface area (Å²) in [5, 5.41) is 7.23. The number of halogens is 2. The largest absolute Gasteiger partial charge is 0.315 e. The molecule has 0 amide bonds. The van der Waals surface area contributed by atoms with Crippen LogP contribution in [0.4, 0.5) is 0 Å². The first kappa shape index (κ1) is 18.5. The Kier molecular flexibility index (Phi) is 7.75. The van der Waals surface area contributed by atoms with E-state index in [-0.39, 0.29) is 24.8 Å². The van der Waals surface area contributed by atoms with E-state index < -0.39 is 0 Å². The number of nitrogens with one attached hydrogen (secondary N) is 2. The van der Waals surface area contributed by atoms with E-state index in [0.29, 0.717) is 6.04 Å². The Bertz CT molecular complexity index is 441. The van der Waals surface area contributed by atoms with Crippen LogP contribution >= 0.6 is 24.8 Å². The molecule has 1 aromatic rings. The SMILES string of the molecule is CCC(=Cc1ccccc1)[C@@H]1C[C@H]1NC1CCNC1.Cl.Cl. The molecular formula is C17H26Cl2N2. The van der Waals surface area contributed by atoms with Gasteiger partial charge >= 0.3 is 0 Å². The standard InChI is InChI=1S/C17H24N2.2ClH/c1-2-14(10-13-6-4-3-5-7-13)16-11-17(16)19-15-8-9-18-12-15;;/h3-7,10,15-19H,2,8-9,11-12H2,1H3;2*1H/t15?,16-,17+;;/m0../s1. The van der Waals surface area contributed by atoms with Gasteiger partial charge in [-0.25, -0.2) is 0 Å². The van der Waals surface area contributed by atoms with Crippen LogP contribution in [0.25, 0.3) is 6.08 Å². The average molecular weight is 329 g/mol. The molecule has 1 saturated heterocycles. The topological polar surface area (TPSA) is 24.1 Å². The Morgan fingerprint density at radius 1 is 1.29 bits per heavy atom. The summed E-state index contributed by atoms with van der Waals surface area (Å²) >= 11 is 0. The third-order valence-electron chi connectivity index (χ3n) is 4.34. The van der Waals surface area contributed by atoms with Crippen molar-refractivity contribution in [3.05, 3.63) is 41.5 Å². The third kappa shape index (κ3) is 5.00. The molecule has 1 aromatic carbocycles. The van der Waals surface area contributed by atoms with Crippen LogP contribution < -0.4 is 10.6 Å². The summed E-state index contributed by atoms with van der Waals surface area (Å²) in [6.45, 7) is 4.60. The van der Waals surface area contributed by atoms with E-state index >= 15 is 0 Å². The Morgan fingerprint density at radius 2 is 2.05 bits per heavy atom. The molecule has 1 unspecified atom stereocenters. The minimum atomic E-state index is 0. The summed E-state index contributed by atoms with van der Waals surface area (Å²) in [5.41, 5.74) is 2.95. The molecule has 0 radical (unpaired) electrons. The van der Waals surface area contributed by atoms with E-state index in [0.717, 1.165) is 18.5 Å². The monoisotopic (exact) mass is 328 g/mol. The smallest absolute Gasteiger partial charge is 0.0207 e. The van der Waals surface area contributed by atoms with Gasteiger partial charge in [0.2, 0.25) is 0 Å². The maximum absolute atomic E-state index is 3.80. The fraction of sp³-hybridized carbons (Fsp3) is 0.529. The molecule has 3 rings (SSSR count). The summed E-state index contributed by atoms with van der Waals surface area (Å²) in [6.07, 6.45) is 6.16. The van der Waals surface area contributed by atoms with Crippen molar-refractivity contribution in [2.24, 2.45) is 5.92 Å². The van der Waals surface area contributed by atoms with Gasteiger partial charge in [0.05, 0.1) is 0 Å². The molecule has 1 saturated carbocycles. The quantitative estimate of drug-likeness (QED) is 0.861. The lowest BCUT2D eigenvalue weighted by Crippen LogP contribution is -2.33. The Morgan fingerprint density at radius 3 is 2.67 bits per heavy atom. The van der Waals surface area contributed by atoms with Crippen LogP contribution in [0.1, 0.15) is 31.7 Å². The molecular weight excluding hydrogens is 303 g/mol. The Labute approximate surface area is 140 Å². The number of benzene rings is 1. The van der Waals surface area contributed by atoms with Gasteiger partial charge < -0.3 is 10.6 Å². The van der Waals surface area contributed by atoms with Crippen molar-refractivity contribution in [1.29, 1.82) is 0 Å². The predicted molar refractivity (Wildman–Crippen MR) is 95.5 cm³/mol. The van der Waals surface area contributed by atoms with Crippen LogP contribution in [-0.4, -0.2) is 25.2 Å². The summed E-state index contributed by atoms with van der Waals surface area (Å²) in [5.74, 6) is 0.769. The van der Waals surface area contributed by atoms with Crippen LogP contribution in [0.15, 0.2) is 35.9 Å². The lowest BCUT2D eigenvalue weighted by molar-refractivity contribution is 0.530. The minimum absolute atomic E-state index is 0. The molecule has 1 heterocycles. The van der Waals surface area contributed by atoms with Crippen molar-refractivity contribution in [1.82, 2.24) is 10.6 Å². The summed E-state index contributed by atoms with van der Waals surface area (Å²) in [4.78, 5) is 0. The van der Waals surface area contributed by atoms with Gasteiger partial charge in [0.1, 0.15) is 0 Å². The molecule has 1 aliphatic carbocycles. The van der Waals surface area contributed by atoms with Crippen molar-refractivity contribution in [2.45, 2.75) is 38.3 Å². The van der Waals surface area contributed by atoms with Crippen LogP contribution in [0, 0.1) is 5.92 Å². The van der Waals surface area contributed by atoms with Crippen molar-refractivity contribution in [2.75, 3.05) is 13.1 Å². The Balaban J connectivity index is 0.00000110. The van der Waals surface area contributed by atoms with Gasteiger partial charge in [0.25, 0.3) is 0 Å². The number of hydrogen-bond donors (Lipinski definition) is 2. The second-order valence-corrected chi connectivity index (χ2v) is 5.79. The fourth-order valence-electron chi connectivity index (χ4n) is 3.12. The van der Waals surface area contributed by atoms with Crippen molar-refractivity contribution >= 4 is 30.9 Å². The molecule has 2 fully saturated rings. The summed E-state index contributed by atoms with van der Waals surface area (Å²) in [7, 11) is 0. The van der Waals surface area contributed by atoms with E-state index in [4.69, 9.17) is 0 Å². The fourth-order valence-corrected chi connectivity index (χ4v) is 3.12. The molecule has 0 bridgehead atoms. The molecule has 21 heavy (non-hydrogen) atoms. The zero-order valence-electron chi connectivity index (χ0n) is 12.5. The van der Waals surface area contributed by atoms with Gasteiger partial charge in [-0.1, -0.05) is 48.9 Å². The van der Waals surface area contributed by atoms with Crippen molar-refractivity contribution < 1.29 is 0 Å². The summed E-state index contributed by atoms with van der Waals surface area (Å²) < 4.78 is 0. The molecule has 0 spiro atoms. The van der Waals surface area contributed by atoms with Gasteiger partial charge in [0, 0.05) is 18.6 Å². The molecule has 0 aromatic heterocycles. The predicted octanol–water partition coefficient (Wildman–Crippen LogP) is 3.66. The van der Waals surface area contributed by atoms with Gasteiger partial charge in [0.15, 0.2) is 0 Å². The van der Waals surface area contributed by atoms with Crippen molar-refractivity contribution in [3.8, 4) is 0 Å². The molecule has 2 aliphatic rings. The van der Waals surface area contributed by atoms with Crippen LogP contribution in [0.2, 0.25) is 0 Å². The third-order valence-corrected chi connectivity index (χ3v) is 4.34. The minimum Gasteiger partial charge on any atom is -0.315 e. The van der Waals surface area contributed by atoms with E-state index in [1.165, 1.54) is 31.4 Å². The number of rotatable bonds is 5. The highest BCUT2D eigenvalue weighted by Gasteiger charge is 2.40. The molecule has 4 heteroatoms. The van der Waals surface area contributed by atoms with E-state index in [1.807, 2.05) is 0 Å². The molecule has 3 atom stereocenters. The molecule has 1 aliphatic heterocycles. The van der Waals surface area contributed by atoms with Crippen LogP contribution in [0.5, 0.6) is 0 Å². The molecule has 2 N–H and O–H groups in total. The van der Waals surface area contributed by atoms with Gasteiger partial charge in [-0.3, -0.25) is 0 Å². The van der Waals surface area contributed by atoms with Crippen LogP contribution in [-0.2, 0) is 0 Å². The second kappa shape index (κ2) is 8.79. The lowest BCUT2D eigenvalue weighted by atomic mass is 10.0. The normalized spacial score (nSPS) is 27.7. The summed E-state index contributed by atoms with van der Waals surface area (Å²) in [6, 6.07) is 12.1. The zero-order valence-corrected chi connectivity index (χ0v) is 14.2. The maximum atomic E-state index is 3.80. The molecule has 118 valence electrons. The lowest BCUT2D eigenvalue weighted by Gasteiger charge is -2.11. The zero-order chi connectivity index (χ0) is 13.1. The highest BCUT2D eigenvalue weighted by atomic mass is 35.5. The van der Waals surface area contributed by atoms with E-state index in [2.05, 4.69) is 54.0 Å². The van der Waals surface area contributed by atoms with Gasteiger partial charge in [-0.2, -0.15) is 0 Å². The van der Waals surface area contributed by atoms with E-state index in [1.54, 1.807) is 5.57 Å². The second-order valence-electron chi connectivity index (χ2n) is 5.79.